The summed E-state index contributed by atoms with van der Waals surface area (Å²) in [5.41, 5.74) is 7.67. The lowest BCUT2D eigenvalue weighted by Crippen LogP contribution is -2.10. The zero-order chi connectivity index (χ0) is 36.7. The molecule has 0 radical (unpaired) electrons. The lowest BCUT2D eigenvalue weighted by molar-refractivity contribution is 0.636. The Kier molecular flexibility index (Phi) is 7.00. The summed E-state index contributed by atoms with van der Waals surface area (Å²) in [6, 6.07) is 68.1. The third kappa shape index (κ3) is 4.67. The number of thiophene rings is 2. The van der Waals surface area contributed by atoms with Gasteiger partial charge in [0.1, 0.15) is 11.3 Å². The largest absolute Gasteiger partial charge is 0.455 e. The molecule has 0 aliphatic rings. The molecule has 0 spiro atoms. The average Bonchev–Trinajstić information content (AvgIpc) is 3.97. The number of furan rings is 1. The fourth-order valence-electron chi connectivity index (χ4n) is 8.80. The molecule has 3 aromatic heterocycles. The first-order valence-electron chi connectivity index (χ1n) is 18.9. The smallest absolute Gasteiger partial charge is 0.143 e. The molecule has 4 heteroatoms. The van der Waals surface area contributed by atoms with Gasteiger partial charge in [0.2, 0.25) is 0 Å². The highest BCUT2D eigenvalue weighted by molar-refractivity contribution is 7.27. The van der Waals surface area contributed by atoms with Crippen LogP contribution in [0, 0.1) is 0 Å². The second-order valence-corrected chi connectivity index (χ2v) is 16.5. The number of fused-ring (bicyclic) bond motifs is 12. The average molecular weight is 750 g/mol. The lowest BCUT2D eigenvalue weighted by atomic mass is 9.92. The predicted octanol–water partition coefficient (Wildman–Crippen LogP) is 16.3. The van der Waals surface area contributed by atoms with Crippen molar-refractivity contribution in [3.8, 4) is 22.5 Å². The van der Waals surface area contributed by atoms with Crippen molar-refractivity contribution in [2.75, 3.05) is 4.90 Å². The van der Waals surface area contributed by atoms with Crippen molar-refractivity contribution in [1.29, 1.82) is 0 Å². The molecule has 56 heavy (non-hydrogen) atoms. The fourth-order valence-corrected chi connectivity index (χ4v) is 11.2. The Hall–Kier alpha value is -6.72. The number of hydrogen-bond donors (Lipinski definition) is 0. The SMILES string of the molecule is c1ccc(-c2c(-c3ccc(N(c4cccc5c4sc4ccccc45)c4cccc5c4sc4ccccc45)cc3)oc3c4ccccc4c4ccccc4c23)cc1. The summed E-state index contributed by atoms with van der Waals surface area (Å²) in [7, 11) is 0. The maximum atomic E-state index is 7.10. The molecule has 0 saturated carbocycles. The first-order valence-corrected chi connectivity index (χ1v) is 20.6. The van der Waals surface area contributed by atoms with Gasteiger partial charge in [0.05, 0.1) is 20.8 Å². The van der Waals surface area contributed by atoms with E-state index in [1.54, 1.807) is 0 Å². The first-order chi connectivity index (χ1) is 27.8. The van der Waals surface area contributed by atoms with Crippen LogP contribution in [0.15, 0.2) is 192 Å². The van der Waals surface area contributed by atoms with Gasteiger partial charge in [-0.2, -0.15) is 0 Å². The van der Waals surface area contributed by atoms with Gasteiger partial charge in [0.15, 0.2) is 0 Å². The quantitative estimate of drug-likeness (QED) is 0.163. The Morgan fingerprint density at radius 2 is 0.839 bits per heavy atom. The van der Waals surface area contributed by atoms with E-state index in [9.17, 15) is 0 Å². The molecule has 0 aliphatic heterocycles. The summed E-state index contributed by atoms with van der Waals surface area (Å²) < 4.78 is 12.2. The third-order valence-electron chi connectivity index (χ3n) is 11.3. The standard InChI is InChI=1S/C52H31NOS2/c1-2-14-32(15-3-1)47-48-39-20-6-4-16-35(39)36-17-5-7-21-40(36)50(48)54-49(47)33-28-30-34(31-29-33)53(43-24-12-22-41-37-18-8-10-26-45(37)55-51(41)43)44-25-13-23-42-38-19-9-11-27-46(38)56-52(42)44/h1-31H. The summed E-state index contributed by atoms with van der Waals surface area (Å²) in [5, 5.41) is 11.1. The summed E-state index contributed by atoms with van der Waals surface area (Å²) >= 11 is 3.73. The Balaban J connectivity index is 1.11. The van der Waals surface area contributed by atoms with Crippen LogP contribution in [0.3, 0.4) is 0 Å². The van der Waals surface area contributed by atoms with Crippen LogP contribution in [0.1, 0.15) is 0 Å². The number of anilines is 3. The van der Waals surface area contributed by atoms with E-state index in [0.717, 1.165) is 44.5 Å². The van der Waals surface area contributed by atoms with E-state index in [4.69, 9.17) is 4.42 Å². The molecule has 0 unspecified atom stereocenters. The Bertz CT molecular complexity index is 3370. The Labute approximate surface area is 330 Å². The van der Waals surface area contributed by atoms with Gasteiger partial charge in [-0.3, -0.25) is 0 Å². The summed E-state index contributed by atoms with van der Waals surface area (Å²) in [6.45, 7) is 0. The molecule has 3 heterocycles. The van der Waals surface area contributed by atoms with Crippen molar-refractivity contribution in [1.82, 2.24) is 0 Å². The van der Waals surface area contributed by atoms with Gasteiger partial charge in [0, 0.05) is 58.5 Å². The first kappa shape index (κ1) is 31.6. The van der Waals surface area contributed by atoms with Crippen molar-refractivity contribution in [3.63, 3.8) is 0 Å². The van der Waals surface area contributed by atoms with E-state index in [0.29, 0.717) is 0 Å². The maximum absolute atomic E-state index is 7.10. The number of rotatable bonds is 5. The van der Waals surface area contributed by atoms with E-state index in [2.05, 4.69) is 193 Å². The van der Waals surface area contributed by atoms with Crippen molar-refractivity contribution < 1.29 is 4.42 Å². The van der Waals surface area contributed by atoms with Crippen molar-refractivity contribution >= 4 is 113 Å². The number of hydrogen-bond acceptors (Lipinski definition) is 4. The molecule has 262 valence electrons. The second kappa shape index (κ2) is 12.4. The highest BCUT2D eigenvalue weighted by atomic mass is 32.1. The zero-order valence-corrected chi connectivity index (χ0v) is 31.7. The van der Waals surface area contributed by atoms with Crippen LogP contribution in [-0.2, 0) is 0 Å². The molecule has 0 saturated heterocycles. The predicted molar refractivity (Wildman–Crippen MR) is 243 cm³/mol. The molecule has 0 amide bonds. The highest BCUT2D eigenvalue weighted by Crippen LogP contribution is 2.51. The summed E-state index contributed by atoms with van der Waals surface area (Å²) in [4.78, 5) is 2.47. The minimum Gasteiger partial charge on any atom is -0.455 e. The molecule has 2 nitrogen and oxygen atoms in total. The van der Waals surface area contributed by atoms with Crippen LogP contribution in [0.25, 0.3) is 95.3 Å². The molecular weight excluding hydrogens is 719 g/mol. The molecule has 12 aromatic rings. The van der Waals surface area contributed by atoms with E-state index < -0.39 is 0 Å². The lowest BCUT2D eigenvalue weighted by Gasteiger charge is -2.27. The van der Waals surface area contributed by atoms with Crippen LogP contribution in [0.2, 0.25) is 0 Å². The zero-order valence-electron chi connectivity index (χ0n) is 30.1. The molecule has 0 fully saturated rings. The summed E-state index contributed by atoms with van der Waals surface area (Å²) in [6.07, 6.45) is 0. The monoisotopic (exact) mass is 749 g/mol. The van der Waals surface area contributed by atoms with E-state index >= 15 is 0 Å². The molecule has 0 atom stereocenters. The molecule has 9 aromatic carbocycles. The minimum atomic E-state index is 0.879. The third-order valence-corrected chi connectivity index (χ3v) is 13.7. The second-order valence-electron chi connectivity index (χ2n) is 14.4. The van der Waals surface area contributed by atoms with Crippen LogP contribution < -0.4 is 4.90 Å². The molecule has 12 rings (SSSR count). The number of nitrogens with zero attached hydrogens (tertiary/aromatic N) is 1. The number of benzene rings is 9. The van der Waals surface area contributed by atoms with Gasteiger partial charge in [-0.25, -0.2) is 0 Å². The van der Waals surface area contributed by atoms with Gasteiger partial charge in [0.25, 0.3) is 0 Å². The van der Waals surface area contributed by atoms with Gasteiger partial charge in [-0.1, -0.05) is 140 Å². The minimum absolute atomic E-state index is 0.879. The van der Waals surface area contributed by atoms with Crippen molar-refractivity contribution in [2.24, 2.45) is 0 Å². The maximum Gasteiger partial charge on any atom is 0.143 e. The van der Waals surface area contributed by atoms with E-state index in [-0.39, 0.29) is 0 Å². The van der Waals surface area contributed by atoms with Crippen LogP contribution in [0.5, 0.6) is 0 Å². The Morgan fingerprint density at radius 3 is 1.45 bits per heavy atom. The van der Waals surface area contributed by atoms with E-state index in [1.165, 1.54) is 67.9 Å². The van der Waals surface area contributed by atoms with Crippen LogP contribution >= 0.6 is 22.7 Å². The van der Waals surface area contributed by atoms with Gasteiger partial charge in [-0.05, 0) is 70.3 Å². The molecule has 0 N–H and O–H groups in total. The topological polar surface area (TPSA) is 16.4 Å². The van der Waals surface area contributed by atoms with Crippen LogP contribution in [-0.4, -0.2) is 0 Å². The molecule has 0 aliphatic carbocycles. The van der Waals surface area contributed by atoms with Crippen LogP contribution in [0.4, 0.5) is 17.1 Å². The van der Waals surface area contributed by atoms with Crippen molar-refractivity contribution in [3.05, 3.63) is 188 Å². The van der Waals surface area contributed by atoms with Crippen molar-refractivity contribution in [2.45, 2.75) is 0 Å². The summed E-state index contributed by atoms with van der Waals surface area (Å²) in [5.74, 6) is 0.879. The van der Waals surface area contributed by atoms with E-state index in [1.807, 2.05) is 22.7 Å². The van der Waals surface area contributed by atoms with Gasteiger partial charge < -0.3 is 9.32 Å². The van der Waals surface area contributed by atoms with Gasteiger partial charge in [-0.15, -0.1) is 22.7 Å². The Morgan fingerprint density at radius 1 is 0.357 bits per heavy atom. The normalized spacial score (nSPS) is 11.9. The molecule has 0 bridgehead atoms. The fraction of sp³-hybridized carbons (Fsp3) is 0. The highest BCUT2D eigenvalue weighted by Gasteiger charge is 2.25. The molecular formula is C52H31NOS2. The van der Waals surface area contributed by atoms with Gasteiger partial charge >= 0.3 is 0 Å².